The summed E-state index contributed by atoms with van der Waals surface area (Å²) in [6.45, 7) is 10.4. The lowest BCUT2D eigenvalue weighted by Crippen LogP contribution is -2.10. The number of hydrogen-bond donors (Lipinski definition) is 1. The number of unbranched alkanes of at least 4 members (excludes halogenated alkanes) is 12. The van der Waals surface area contributed by atoms with Gasteiger partial charge in [-0.2, -0.15) is 0 Å². The predicted molar refractivity (Wildman–Crippen MR) is 126 cm³/mol. The first kappa shape index (κ1) is 31.5. The Balaban J connectivity index is 0. The van der Waals surface area contributed by atoms with E-state index in [9.17, 15) is 4.79 Å². The van der Waals surface area contributed by atoms with E-state index in [0.29, 0.717) is 26.2 Å². The van der Waals surface area contributed by atoms with Crippen LogP contribution in [0.15, 0.2) is 0 Å². The summed E-state index contributed by atoms with van der Waals surface area (Å²) in [6, 6.07) is 0. The van der Waals surface area contributed by atoms with Crippen molar-refractivity contribution >= 4 is 5.97 Å². The van der Waals surface area contributed by atoms with Crippen LogP contribution in [0.1, 0.15) is 118 Å². The van der Waals surface area contributed by atoms with Crippen molar-refractivity contribution in [3.63, 3.8) is 0 Å². The second-order valence-corrected chi connectivity index (χ2v) is 8.06. The normalized spacial score (nSPS) is 10.7. The Morgan fingerprint density at radius 1 is 0.700 bits per heavy atom. The van der Waals surface area contributed by atoms with Crippen LogP contribution >= 0.6 is 0 Å². The minimum atomic E-state index is -0.0342. The van der Waals surface area contributed by atoms with Crippen LogP contribution in [0.25, 0.3) is 0 Å². The number of ether oxygens (including phenoxy) is 3. The molecule has 5 heteroatoms. The number of aliphatic hydroxyl groups is 1. The molecular weight excluding hydrogens is 380 g/mol. The van der Waals surface area contributed by atoms with Crippen LogP contribution in [0.5, 0.6) is 0 Å². The first-order chi connectivity index (χ1) is 14.6. The highest BCUT2D eigenvalue weighted by Crippen LogP contribution is 2.13. The van der Waals surface area contributed by atoms with E-state index in [1.807, 2.05) is 20.8 Å². The summed E-state index contributed by atoms with van der Waals surface area (Å²) in [6.07, 6.45) is 18.0. The van der Waals surface area contributed by atoms with Gasteiger partial charge in [-0.1, -0.05) is 84.0 Å². The molecule has 0 aliphatic heterocycles. The maximum atomic E-state index is 11.3. The van der Waals surface area contributed by atoms with Crippen LogP contribution in [-0.2, 0) is 19.0 Å². The zero-order valence-electron chi connectivity index (χ0n) is 20.6. The largest absolute Gasteiger partial charge is 0.463 e. The number of esters is 1. The second kappa shape index (κ2) is 28.4. The van der Waals surface area contributed by atoms with Crippen molar-refractivity contribution in [1.29, 1.82) is 0 Å². The number of hydrogen-bond acceptors (Lipinski definition) is 5. The van der Waals surface area contributed by atoms with Crippen molar-refractivity contribution in [2.24, 2.45) is 0 Å². The molecule has 0 spiro atoms. The van der Waals surface area contributed by atoms with Gasteiger partial charge in [0.2, 0.25) is 0 Å². The first-order valence-corrected chi connectivity index (χ1v) is 12.5. The van der Waals surface area contributed by atoms with Crippen molar-refractivity contribution in [1.82, 2.24) is 0 Å². The smallest absolute Gasteiger partial charge is 0.306 e. The number of rotatable bonds is 21. The second-order valence-electron chi connectivity index (χ2n) is 8.06. The van der Waals surface area contributed by atoms with Crippen LogP contribution in [0, 0.1) is 0 Å². The molecule has 0 saturated heterocycles. The fraction of sp³-hybridized carbons (Fsp3) is 0.960. The first-order valence-electron chi connectivity index (χ1n) is 12.5. The highest BCUT2D eigenvalue weighted by Gasteiger charge is 2.04. The molecule has 5 nitrogen and oxygen atoms in total. The van der Waals surface area contributed by atoms with Crippen LogP contribution in [0.2, 0.25) is 0 Å². The highest BCUT2D eigenvalue weighted by atomic mass is 16.5. The molecule has 30 heavy (non-hydrogen) atoms. The molecule has 0 aromatic heterocycles. The molecule has 0 bridgehead atoms. The van der Waals surface area contributed by atoms with Gasteiger partial charge in [-0.3, -0.25) is 4.79 Å². The van der Waals surface area contributed by atoms with Crippen LogP contribution < -0.4 is 0 Å². The Bertz CT molecular complexity index is 315. The van der Waals surface area contributed by atoms with Crippen molar-refractivity contribution in [2.75, 3.05) is 33.0 Å². The maximum absolute atomic E-state index is 11.3. The van der Waals surface area contributed by atoms with E-state index in [-0.39, 0.29) is 18.7 Å². The van der Waals surface area contributed by atoms with Gasteiger partial charge in [-0.05, 0) is 27.2 Å². The molecule has 0 saturated carbocycles. The highest BCUT2D eigenvalue weighted by molar-refractivity contribution is 5.69. The zero-order chi connectivity index (χ0) is 22.7. The molecule has 0 atom stereocenters. The number of carbonyl (C=O) groups is 1. The molecule has 0 radical (unpaired) electrons. The topological polar surface area (TPSA) is 65.0 Å². The van der Waals surface area contributed by atoms with Crippen molar-refractivity contribution in [3.05, 3.63) is 0 Å². The van der Waals surface area contributed by atoms with E-state index < -0.39 is 0 Å². The van der Waals surface area contributed by atoms with E-state index in [1.54, 1.807) is 0 Å². The zero-order valence-corrected chi connectivity index (χ0v) is 20.6. The molecule has 0 rings (SSSR count). The van der Waals surface area contributed by atoms with Gasteiger partial charge in [0.15, 0.2) is 0 Å². The van der Waals surface area contributed by atoms with Gasteiger partial charge in [0.1, 0.15) is 0 Å². The van der Waals surface area contributed by atoms with Crippen LogP contribution in [0.4, 0.5) is 0 Å². The lowest BCUT2D eigenvalue weighted by Gasteiger charge is -2.07. The third-order valence-electron chi connectivity index (χ3n) is 4.66. The Hall–Kier alpha value is -0.650. The van der Waals surface area contributed by atoms with Crippen molar-refractivity contribution < 1.29 is 24.1 Å². The monoisotopic (exact) mass is 432 g/mol. The third kappa shape index (κ3) is 32.0. The van der Waals surface area contributed by atoms with Gasteiger partial charge in [-0.15, -0.1) is 0 Å². The van der Waals surface area contributed by atoms with Gasteiger partial charge in [0.05, 0.1) is 32.5 Å². The summed E-state index contributed by atoms with van der Waals surface area (Å²) in [7, 11) is 0. The lowest BCUT2D eigenvalue weighted by atomic mass is 10.0. The molecule has 182 valence electrons. The summed E-state index contributed by atoms with van der Waals surface area (Å²) in [5.41, 5.74) is 0. The molecule has 0 aromatic rings. The average Bonchev–Trinajstić information content (AvgIpc) is 2.71. The molecule has 0 unspecified atom stereocenters. The van der Waals surface area contributed by atoms with Gasteiger partial charge >= 0.3 is 5.97 Å². The lowest BCUT2D eigenvalue weighted by molar-refractivity contribution is -0.147. The van der Waals surface area contributed by atoms with E-state index in [0.717, 1.165) is 13.0 Å². The van der Waals surface area contributed by atoms with Crippen molar-refractivity contribution in [2.45, 2.75) is 124 Å². The van der Waals surface area contributed by atoms with Crippen LogP contribution in [0.3, 0.4) is 0 Å². The third-order valence-corrected chi connectivity index (χ3v) is 4.66. The Labute approximate surface area is 187 Å². The standard InChI is InChI=1S/C19H38O2.C6H14O3/c1-4-5-6-7-8-9-10-11-12-13-14-15-16-17-19(20)21-18(2)3;1-2-8-5-6-9-4-3-7/h18H,4-17H2,1-3H3;7H,2-6H2,1H3. The maximum Gasteiger partial charge on any atom is 0.306 e. The van der Waals surface area contributed by atoms with E-state index in [1.165, 1.54) is 77.0 Å². The van der Waals surface area contributed by atoms with E-state index in [4.69, 9.17) is 19.3 Å². The van der Waals surface area contributed by atoms with E-state index in [2.05, 4.69) is 6.92 Å². The molecule has 0 amide bonds. The quantitative estimate of drug-likeness (QED) is 0.167. The molecule has 0 aromatic carbocycles. The summed E-state index contributed by atoms with van der Waals surface area (Å²) >= 11 is 0. The number of carbonyl (C=O) groups excluding carboxylic acids is 1. The molecule has 0 heterocycles. The van der Waals surface area contributed by atoms with Crippen molar-refractivity contribution in [3.8, 4) is 0 Å². The van der Waals surface area contributed by atoms with E-state index >= 15 is 0 Å². The van der Waals surface area contributed by atoms with Gasteiger partial charge in [0, 0.05) is 13.0 Å². The summed E-state index contributed by atoms with van der Waals surface area (Å²) < 4.78 is 15.0. The van der Waals surface area contributed by atoms with Gasteiger partial charge in [0.25, 0.3) is 0 Å². The molecule has 0 aliphatic carbocycles. The summed E-state index contributed by atoms with van der Waals surface area (Å²) in [5, 5.41) is 8.26. The fourth-order valence-electron chi connectivity index (χ4n) is 3.04. The Morgan fingerprint density at radius 3 is 1.60 bits per heavy atom. The van der Waals surface area contributed by atoms with Gasteiger partial charge in [-0.25, -0.2) is 0 Å². The Morgan fingerprint density at radius 2 is 1.17 bits per heavy atom. The van der Waals surface area contributed by atoms with Crippen LogP contribution in [-0.4, -0.2) is 50.2 Å². The minimum Gasteiger partial charge on any atom is -0.463 e. The minimum absolute atomic E-state index is 0.0273. The fourth-order valence-corrected chi connectivity index (χ4v) is 3.04. The number of aliphatic hydroxyl groups excluding tert-OH is 1. The predicted octanol–water partition coefficient (Wildman–Crippen LogP) is 6.45. The average molecular weight is 433 g/mol. The Kier molecular flexibility index (Phi) is 29.8. The molecule has 0 aliphatic rings. The summed E-state index contributed by atoms with van der Waals surface area (Å²) in [5.74, 6) is -0.0342. The summed E-state index contributed by atoms with van der Waals surface area (Å²) in [4.78, 5) is 11.3. The van der Waals surface area contributed by atoms with Gasteiger partial charge < -0.3 is 19.3 Å². The SMILES string of the molecule is CCCCCCCCCCCCCCCC(=O)OC(C)C.CCOCCOCCO. The molecular formula is C25H52O5. The molecule has 0 fully saturated rings. The molecule has 1 N–H and O–H groups in total.